The van der Waals surface area contributed by atoms with Gasteiger partial charge in [-0.25, -0.2) is 4.79 Å². The molecular formula is C25H27ClN6O4. The van der Waals surface area contributed by atoms with E-state index < -0.39 is 24.0 Å². The summed E-state index contributed by atoms with van der Waals surface area (Å²) in [6.45, 7) is 4.21. The predicted octanol–water partition coefficient (Wildman–Crippen LogP) is 3.00. The molecule has 4 N–H and O–H groups in total. The first-order chi connectivity index (χ1) is 17.3. The third-order valence-electron chi connectivity index (χ3n) is 5.85. The Balaban J connectivity index is 1.66. The number of benzene rings is 2. The molecule has 0 bridgehead atoms. The van der Waals surface area contributed by atoms with Crippen molar-refractivity contribution in [2.75, 3.05) is 31.5 Å². The molecule has 2 heterocycles. The van der Waals surface area contributed by atoms with Gasteiger partial charge in [-0.15, -0.1) is 0 Å². The zero-order chi connectivity index (χ0) is 25.8. The van der Waals surface area contributed by atoms with Gasteiger partial charge in [0.2, 0.25) is 0 Å². The van der Waals surface area contributed by atoms with Gasteiger partial charge in [0.15, 0.2) is 6.17 Å². The van der Waals surface area contributed by atoms with Gasteiger partial charge in [0.05, 0.1) is 5.02 Å². The zero-order valence-electron chi connectivity index (χ0n) is 20.0. The average Bonchev–Trinajstić information content (AvgIpc) is 3.47. The number of amides is 4. The van der Waals surface area contributed by atoms with Gasteiger partial charge < -0.3 is 25.8 Å². The van der Waals surface area contributed by atoms with Crippen molar-refractivity contribution in [2.24, 2.45) is 5.73 Å². The number of hydrogen-bond acceptors (Lipinski definition) is 6. The monoisotopic (exact) mass is 510 g/mol. The van der Waals surface area contributed by atoms with E-state index in [-0.39, 0.29) is 43.2 Å². The van der Waals surface area contributed by atoms with Gasteiger partial charge in [0.25, 0.3) is 11.8 Å². The zero-order valence-corrected chi connectivity index (χ0v) is 20.7. The number of urea groups is 1. The smallest absolute Gasteiger partial charge is 0.323 e. The lowest BCUT2D eigenvalue weighted by molar-refractivity contribution is -0.127. The van der Waals surface area contributed by atoms with Crippen molar-refractivity contribution in [1.29, 1.82) is 0 Å². The summed E-state index contributed by atoms with van der Waals surface area (Å²) >= 11 is 6.35. The molecular weight excluding hydrogens is 484 g/mol. The Morgan fingerprint density at radius 2 is 1.86 bits per heavy atom. The SMILES string of the molecule is Cc1cccc(NC(=O)N2CCN(C(=O)c3c(-c4ccccc4Cl)noc3C)C2C(=O)NCCN)c1. The van der Waals surface area contributed by atoms with E-state index in [1.807, 2.05) is 25.1 Å². The molecule has 0 radical (unpaired) electrons. The number of nitrogens with zero attached hydrogens (tertiary/aromatic N) is 3. The normalized spacial score (nSPS) is 15.2. The van der Waals surface area contributed by atoms with Crippen molar-refractivity contribution in [3.63, 3.8) is 0 Å². The number of carbonyl (C=O) groups is 3. The topological polar surface area (TPSA) is 134 Å². The lowest BCUT2D eigenvalue weighted by Crippen LogP contribution is -2.55. The van der Waals surface area contributed by atoms with Crippen LogP contribution < -0.4 is 16.4 Å². The number of aromatic nitrogens is 1. The van der Waals surface area contributed by atoms with Crippen LogP contribution in [0.5, 0.6) is 0 Å². The summed E-state index contributed by atoms with van der Waals surface area (Å²) in [5.41, 5.74) is 8.09. The number of nitrogens with one attached hydrogen (secondary N) is 2. The summed E-state index contributed by atoms with van der Waals surface area (Å²) in [5.74, 6) is -0.736. The highest BCUT2D eigenvalue weighted by Crippen LogP contribution is 2.33. The van der Waals surface area contributed by atoms with E-state index in [1.165, 1.54) is 9.80 Å². The molecule has 1 atom stereocenters. The van der Waals surface area contributed by atoms with Crippen LogP contribution in [0.3, 0.4) is 0 Å². The third-order valence-corrected chi connectivity index (χ3v) is 6.18. The summed E-state index contributed by atoms with van der Waals surface area (Å²) < 4.78 is 5.34. The van der Waals surface area contributed by atoms with Crippen molar-refractivity contribution in [3.05, 3.63) is 70.4 Å². The molecule has 1 aromatic heterocycles. The highest BCUT2D eigenvalue weighted by molar-refractivity contribution is 6.33. The molecule has 4 rings (SSSR count). The van der Waals surface area contributed by atoms with Crippen LogP contribution in [0.2, 0.25) is 5.02 Å². The lowest BCUT2D eigenvalue weighted by Gasteiger charge is -2.29. The van der Waals surface area contributed by atoms with Crippen LogP contribution in [-0.4, -0.2) is 65.1 Å². The number of nitrogens with two attached hydrogens (primary N) is 1. The van der Waals surface area contributed by atoms with Crippen LogP contribution in [0.15, 0.2) is 53.1 Å². The van der Waals surface area contributed by atoms with E-state index in [1.54, 1.807) is 37.3 Å². The van der Waals surface area contributed by atoms with Gasteiger partial charge in [-0.2, -0.15) is 0 Å². The summed E-state index contributed by atoms with van der Waals surface area (Å²) in [4.78, 5) is 42.8. The van der Waals surface area contributed by atoms with Crippen LogP contribution in [-0.2, 0) is 4.79 Å². The predicted molar refractivity (Wildman–Crippen MR) is 135 cm³/mol. The van der Waals surface area contributed by atoms with E-state index in [9.17, 15) is 14.4 Å². The third kappa shape index (κ3) is 5.05. The molecule has 1 aliphatic heterocycles. The molecule has 11 heteroatoms. The van der Waals surface area contributed by atoms with E-state index >= 15 is 0 Å². The maximum absolute atomic E-state index is 13.8. The number of anilines is 1. The van der Waals surface area contributed by atoms with Crippen molar-refractivity contribution >= 4 is 35.1 Å². The first-order valence-corrected chi connectivity index (χ1v) is 11.8. The molecule has 1 unspecified atom stereocenters. The molecule has 10 nitrogen and oxygen atoms in total. The minimum atomic E-state index is -1.19. The quantitative estimate of drug-likeness (QED) is 0.466. The fraction of sp³-hybridized carbons (Fsp3) is 0.280. The van der Waals surface area contributed by atoms with Crippen LogP contribution in [0, 0.1) is 13.8 Å². The van der Waals surface area contributed by atoms with Gasteiger partial charge >= 0.3 is 6.03 Å². The van der Waals surface area contributed by atoms with Gasteiger partial charge in [-0.05, 0) is 37.6 Å². The second-order valence-corrected chi connectivity index (χ2v) is 8.79. The van der Waals surface area contributed by atoms with E-state index in [4.69, 9.17) is 21.9 Å². The fourth-order valence-electron chi connectivity index (χ4n) is 4.15. The number of halogens is 1. The van der Waals surface area contributed by atoms with Crippen LogP contribution in [0.25, 0.3) is 11.3 Å². The Hall–Kier alpha value is -3.89. The van der Waals surface area contributed by atoms with Crippen molar-refractivity contribution in [1.82, 2.24) is 20.3 Å². The molecule has 36 heavy (non-hydrogen) atoms. The van der Waals surface area contributed by atoms with E-state index in [0.717, 1.165) is 5.56 Å². The number of aryl methyl sites for hydroxylation is 2. The Labute approximate surface area is 213 Å². The van der Waals surface area contributed by atoms with Gasteiger partial charge in [0.1, 0.15) is 17.0 Å². The maximum atomic E-state index is 13.8. The summed E-state index contributed by atoms with van der Waals surface area (Å²) in [5, 5.41) is 9.97. The van der Waals surface area contributed by atoms with Gasteiger partial charge in [0, 0.05) is 37.4 Å². The molecule has 1 fully saturated rings. The molecule has 4 amide bonds. The summed E-state index contributed by atoms with van der Waals surface area (Å²) in [6.07, 6.45) is -1.19. The minimum absolute atomic E-state index is 0.132. The molecule has 188 valence electrons. The standard InChI is InChI=1S/C25H27ClN6O4/c1-15-6-5-7-17(14-15)29-25(35)32-13-12-31(23(32)22(33)28-11-10-27)24(34)20-16(2)36-30-21(20)18-8-3-4-9-19(18)26/h3-9,14,23H,10-13,27H2,1-2H3,(H,28,33)(H,29,35). The van der Waals surface area contributed by atoms with E-state index in [0.29, 0.717) is 16.3 Å². The molecule has 1 aliphatic rings. The molecule has 2 aromatic carbocycles. The van der Waals surface area contributed by atoms with Crippen LogP contribution >= 0.6 is 11.6 Å². The van der Waals surface area contributed by atoms with Gasteiger partial charge in [-0.1, -0.05) is 47.1 Å². The number of hydrogen-bond donors (Lipinski definition) is 3. The van der Waals surface area contributed by atoms with Crippen molar-refractivity contribution in [3.8, 4) is 11.3 Å². The van der Waals surface area contributed by atoms with Gasteiger partial charge in [-0.3, -0.25) is 14.5 Å². The average molecular weight is 511 g/mol. The first-order valence-electron chi connectivity index (χ1n) is 11.5. The van der Waals surface area contributed by atoms with E-state index in [2.05, 4.69) is 15.8 Å². The second-order valence-electron chi connectivity index (χ2n) is 8.39. The molecule has 0 aliphatic carbocycles. The second kappa shape index (κ2) is 10.8. The highest BCUT2D eigenvalue weighted by atomic mass is 35.5. The summed E-state index contributed by atoms with van der Waals surface area (Å²) in [7, 11) is 0. The largest absolute Gasteiger partial charge is 0.360 e. The molecule has 0 spiro atoms. The number of carbonyl (C=O) groups excluding carboxylic acids is 3. The first kappa shape index (κ1) is 25.2. The van der Waals surface area contributed by atoms with Crippen molar-refractivity contribution < 1.29 is 18.9 Å². The molecule has 3 aromatic rings. The van der Waals surface area contributed by atoms with Crippen LogP contribution in [0.1, 0.15) is 21.7 Å². The fourth-order valence-corrected chi connectivity index (χ4v) is 4.37. The Morgan fingerprint density at radius 1 is 1.11 bits per heavy atom. The minimum Gasteiger partial charge on any atom is -0.360 e. The maximum Gasteiger partial charge on any atom is 0.323 e. The molecule has 0 saturated carbocycles. The summed E-state index contributed by atoms with van der Waals surface area (Å²) in [6, 6.07) is 13.8. The Morgan fingerprint density at radius 3 is 2.58 bits per heavy atom. The van der Waals surface area contributed by atoms with Crippen molar-refractivity contribution in [2.45, 2.75) is 20.0 Å². The highest BCUT2D eigenvalue weighted by Gasteiger charge is 2.44. The van der Waals surface area contributed by atoms with Crippen LogP contribution in [0.4, 0.5) is 10.5 Å². The Kier molecular flexibility index (Phi) is 7.56. The lowest BCUT2D eigenvalue weighted by atomic mass is 10.0. The Bertz CT molecular complexity index is 1290. The number of rotatable bonds is 6. The molecule has 1 saturated heterocycles.